The van der Waals surface area contributed by atoms with Gasteiger partial charge in [-0.05, 0) is 37.0 Å². The van der Waals surface area contributed by atoms with Crippen LogP contribution in [0.25, 0.3) is 11.1 Å². The zero-order valence-corrected chi connectivity index (χ0v) is 12.4. The van der Waals surface area contributed by atoms with Gasteiger partial charge in [0.05, 0.1) is 11.3 Å². The summed E-state index contributed by atoms with van der Waals surface area (Å²) in [6.45, 7) is 5.97. The Hall–Kier alpha value is -2.10. The maximum atomic E-state index is 11.3. The Balaban J connectivity index is 2.68. The third kappa shape index (κ3) is 2.33. The van der Waals surface area contributed by atoms with E-state index in [2.05, 4.69) is 18.9 Å². The molecule has 0 spiro atoms. The van der Waals surface area contributed by atoms with Crippen molar-refractivity contribution >= 4 is 5.97 Å². The summed E-state index contributed by atoms with van der Waals surface area (Å²) in [5.74, 6) is -0.885. The van der Waals surface area contributed by atoms with E-state index in [0.717, 1.165) is 40.9 Å². The zero-order valence-electron chi connectivity index (χ0n) is 12.4. The maximum Gasteiger partial charge on any atom is 0.335 e. The van der Waals surface area contributed by atoms with E-state index in [9.17, 15) is 9.90 Å². The molecule has 0 bridgehead atoms. The van der Waals surface area contributed by atoms with Crippen molar-refractivity contribution in [1.82, 2.24) is 9.78 Å². The van der Waals surface area contributed by atoms with Gasteiger partial charge in [0.1, 0.15) is 0 Å². The van der Waals surface area contributed by atoms with E-state index in [-0.39, 0.29) is 0 Å². The summed E-state index contributed by atoms with van der Waals surface area (Å²) in [5.41, 5.74) is 5.32. The minimum absolute atomic E-state index is 0.357. The number of carboxylic acids is 1. The fourth-order valence-corrected chi connectivity index (χ4v) is 2.61. The Kier molecular flexibility index (Phi) is 3.93. The standard InChI is InChI=1S/C16H20N2O2/c1-5-13-15(14(6-2)18(4)17-13)11-8-7-10(3)12(9-11)16(19)20/h7-9H,5-6H2,1-4H3,(H,19,20). The quantitative estimate of drug-likeness (QED) is 0.929. The molecule has 2 aromatic rings. The molecule has 0 aliphatic heterocycles. The van der Waals surface area contributed by atoms with Gasteiger partial charge >= 0.3 is 5.97 Å². The van der Waals surface area contributed by atoms with Gasteiger partial charge in [-0.2, -0.15) is 5.10 Å². The summed E-state index contributed by atoms with van der Waals surface area (Å²) in [6.07, 6.45) is 1.70. The van der Waals surface area contributed by atoms with Crippen molar-refractivity contribution in [2.75, 3.05) is 0 Å². The van der Waals surface area contributed by atoms with Crippen molar-refractivity contribution in [2.45, 2.75) is 33.6 Å². The molecule has 0 radical (unpaired) electrons. The molecule has 0 aliphatic rings. The molecule has 1 aromatic carbocycles. The molecule has 0 atom stereocenters. The smallest absolute Gasteiger partial charge is 0.335 e. The zero-order chi connectivity index (χ0) is 14.9. The van der Waals surface area contributed by atoms with Crippen LogP contribution in [-0.2, 0) is 19.9 Å². The van der Waals surface area contributed by atoms with Gasteiger partial charge in [-0.15, -0.1) is 0 Å². The average Bonchev–Trinajstić information content (AvgIpc) is 2.75. The van der Waals surface area contributed by atoms with E-state index in [0.29, 0.717) is 5.56 Å². The molecule has 2 rings (SSSR count). The summed E-state index contributed by atoms with van der Waals surface area (Å²) >= 11 is 0. The molecule has 1 aromatic heterocycles. The summed E-state index contributed by atoms with van der Waals surface area (Å²) in [5, 5.41) is 13.8. The Morgan fingerprint density at radius 3 is 2.55 bits per heavy atom. The second kappa shape index (κ2) is 5.49. The molecule has 0 saturated heterocycles. The maximum absolute atomic E-state index is 11.3. The molecule has 106 valence electrons. The van der Waals surface area contributed by atoms with Crippen molar-refractivity contribution in [3.8, 4) is 11.1 Å². The molecule has 4 heteroatoms. The Morgan fingerprint density at radius 2 is 2.00 bits per heavy atom. The minimum Gasteiger partial charge on any atom is -0.478 e. The number of aryl methyl sites for hydroxylation is 3. The third-order valence-electron chi connectivity index (χ3n) is 3.66. The van der Waals surface area contributed by atoms with E-state index in [1.54, 1.807) is 6.07 Å². The van der Waals surface area contributed by atoms with Gasteiger partial charge < -0.3 is 5.11 Å². The monoisotopic (exact) mass is 272 g/mol. The van der Waals surface area contributed by atoms with Crippen LogP contribution in [-0.4, -0.2) is 20.9 Å². The SMILES string of the molecule is CCc1nn(C)c(CC)c1-c1ccc(C)c(C(=O)O)c1. The normalized spacial score (nSPS) is 10.8. The van der Waals surface area contributed by atoms with Crippen LogP contribution in [0.2, 0.25) is 0 Å². The first-order chi connectivity index (χ1) is 9.49. The first-order valence-electron chi connectivity index (χ1n) is 6.88. The highest BCUT2D eigenvalue weighted by atomic mass is 16.4. The highest BCUT2D eigenvalue weighted by Gasteiger charge is 2.17. The number of hydrogen-bond acceptors (Lipinski definition) is 2. The van der Waals surface area contributed by atoms with Crippen LogP contribution < -0.4 is 0 Å². The summed E-state index contributed by atoms with van der Waals surface area (Å²) < 4.78 is 1.90. The number of rotatable bonds is 4. The van der Waals surface area contributed by atoms with Crippen LogP contribution in [0.15, 0.2) is 18.2 Å². The van der Waals surface area contributed by atoms with E-state index in [1.807, 2.05) is 30.8 Å². The minimum atomic E-state index is -0.885. The van der Waals surface area contributed by atoms with Gasteiger partial charge in [-0.1, -0.05) is 26.0 Å². The molecule has 0 unspecified atom stereocenters. The van der Waals surface area contributed by atoms with Gasteiger partial charge in [0.2, 0.25) is 0 Å². The first kappa shape index (κ1) is 14.3. The van der Waals surface area contributed by atoms with Crippen LogP contribution in [0.1, 0.15) is 41.2 Å². The Bertz CT molecular complexity index is 657. The van der Waals surface area contributed by atoms with E-state index >= 15 is 0 Å². The fraction of sp³-hybridized carbons (Fsp3) is 0.375. The predicted molar refractivity (Wildman–Crippen MR) is 79.1 cm³/mol. The second-order valence-corrected chi connectivity index (χ2v) is 4.93. The van der Waals surface area contributed by atoms with Crippen molar-refractivity contribution in [2.24, 2.45) is 7.05 Å². The van der Waals surface area contributed by atoms with Crippen molar-refractivity contribution in [3.63, 3.8) is 0 Å². The first-order valence-corrected chi connectivity index (χ1v) is 6.88. The second-order valence-electron chi connectivity index (χ2n) is 4.93. The molecule has 0 fully saturated rings. The highest BCUT2D eigenvalue weighted by Crippen LogP contribution is 2.30. The average molecular weight is 272 g/mol. The van der Waals surface area contributed by atoms with Crippen molar-refractivity contribution in [1.29, 1.82) is 0 Å². The number of hydrogen-bond donors (Lipinski definition) is 1. The summed E-state index contributed by atoms with van der Waals surface area (Å²) in [6, 6.07) is 5.61. The molecule has 4 nitrogen and oxygen atoms in total. The molecular weight excluding hydrogens is 252 g/mol. The molecule has 0 aliphatic carbocycles. The lowest BCUT2D eigenvalue weighted by molar-refractivity contribution is 0.0696. The third-order valence-corrected chi connectivity index (χ3v) is 3.66. The Morgan fingerprint density at radius 1 is 1.30 bits per heavy atom. The summed E-state index contributed by atoms with van der Waals surface area (Å²) in [4.78, 5) is 11.3. The molecule has 0 saturated carbocycles. The Labute approximate surface area is 119 Å². The predicted octanol–water partition coefficient (Wildman–Crippen LogP) is 3.22. The highest BCUT2D eigenvalue weighted by molar-refractivity contribution is 5.91. The molecule has 1 N–H and O–H groups in total. The largest absolute Gasteiger partial charge is 0.478 e. The number of nitrogens with zero attached hydrogens (tertiary/aromatic N) is 2. The molecule has 1 heterocycles. The van der Waals surface area contributed by atoms with Gasteiger partial charge in [0.25, 0.3) is 0 Å². The molecular formula is C16H20N2O2. The van der Waals surface area contributed by atoms with Crippen LogP contribution in [0, 0.1) is 6.92 Å². The fourth-order valence-electron chi connectivity index (χ4n) is 2.61. The van der Waals surface area contributed by atoms with Crippen LogP contribution in [0.3, 0.4) is 0 Å². The lowest BCUT2D eigenvalue weighted by Gasteiger charge is -2.08. The molecule has 0 amide bonds. The number of carboxylic acid groups (broad SMARTS) is 1. The van der Waals surface area contributed by atoms with Crippen molar-refractivity contribution < 1.29 is 9.90 Å². The number of aromatic nitrogens is 2. The van der Waals surface area contributed by atoms with E-state index in [4.69, 9.17) is 0 Å². The number of aromatic carboxylic acids is 1. The van der Waals surface area contributed by atoms with Crippen molar-refractivity contribution in [3.05, 3.63) is 40.7 Å². The van der Waals surface area contributed by atoms with E-state index < -0.39 is 5.97 Å². The summed E-state index contributed by atoms with van der Waals surface area (Å²) in [7, 11) is 1.94. The van der Waals surface area contributed by atoms with Gasteiger partial charge in [0, 0.05) is 18.3 Å². The van der Waals surface area contributed by atoms with Gasteiger partial charge in [0.15, 0.2) is 0 Å². The van der Waals surface area contributed by atoms with Gasteiger partial charge in [-0.25, -0.2) is 4.79 Å². The van der Waals surface area contributed by atoms with Gasteiger partial charge in [-0.3, -0.25) is 4.68 Å². The lowest BCUT2D eigenvalue weighted by atomic mass is 9.96. The lowest BCUT2D eigenvalue weighted by Crippen LogP contribution is -2.01. The topological polar surface area (TPSA) is 55.1 Å². The van der Waals surface area contributed by atoms with Crippen LogP contribution in [0.4, 0.5) is 0 Å². The number of carbonyl (C=O) groups is 1. The molecule has 20 heavy (non-hydrogen) atoms. The van der Waals surface area contributed by atoms with Crippen LogP contribution >= 0.6 is 0 Å². The van der Waals surface area contributed by atoms with Crippen LogP contribution in [0.5, 0.6) is 0 Å². The van der Waals surface area contributed by atoms with E-state index in [1.165, 1.54) is 0 Å². The number of benzene rings is 1.